The summed E-state index contributed by atoms with van der Waals surface area (Å²) in [6.07, 6.45) is 4.90. The highest BCUT2D eigenvalue weighted by molar-refractivity contribution is 5.42. The largest absolute Gasteiger partial charge is 0.493 e. The van der Waals surface area contributed by atoms with Crippen LogP contribution in [0.15, 0.2) is 18.2 Å². The Morgan fingerprint density at radius 3 is 2.58 bits per heavy atom. The first kappa shape index (κ1) is 15.8. The summed E-state index contributed by atoms with van der Waals surface area (Å²) >= 11 is 0. The Labute approximate surface area is 117 Å². The summed E-state index contributed by atoms with van der Waals surface area (Å²) < 4.78 is 11.3. The smallest absolute Gasteiger partial charge is 0.161 e. The lowest BCUT2D eigenvalue weighted by atomic mass is 10.0. The standard InChI is InChI=1S/C16H27NO2/c1-4-6-7-13(5-2)12-19-15-9-8-14(11-17)10-16(15)18-3/h8-10,13H,4-7,11-12,17H2,1-3H3. The minimum Gasteiger partial charge on any atom is -0.493 e. The Bertz CT molecular complexity index is 366. The summed E-state index contributed by atoms with van der Waals surface area (Å²) in [4.78, 5) is 0. The fourth-order valence-electron chi connectivity index (χ4n) is 2.06. The van der Waals surface area contributed by atoms with Gasteiger partial charge in [0.05, 0.1) is 13.7 Å². The second kappa shape index (κ2) is 8.81. The van der Waals surface area contributed by atoms with Gasteiger partial charge < -0.3 is 15.2 Å². The van der Waals surface area contributed by atoms with E-state index in [2.05, 4.69) is 13.8 Å². The predicted octanol–water partition coefficient (Wildman–Crippen LogP) is 3.75. The molecule has 0 amide bonds. The molecule has 0 aliphatic rings. The second-order valence-corrected chi connectivity index (χ2v) is 4.92. The Balaban J connectivity index is 2.60. The Morgan fingerprint density at radius 2 is 2.00 bits per heavy atom. The normalized spacial score (nSPS) is 12.2. The van der Waals surface area contributed by atoms with Crippen LogP contribution in [-0.2, 0) is 6.54 Å². The number of nitrogens with two attached hydrogens (primary N) is 1. The van der Waals surface area contributed by atoms with Gasteiger partial charge >= 0.3 is 0 Å². The van der Waals surface area contributed by atoms with Crippen LogP contribution in [0, 0.1) is 5.92 Å². The summed E-state index contributed by atoms with van der Waals surface area (Å²) in [6, 6.07) is 5.89. The minimum absolute atomic E-state index is 0.519. The molecule has 1 aromatic rings. The summed E-state index contributed by atoms with van der Waals surface area (Å²) in [5, 5.41) is 0. The van der Waals surface area contributed by atoms with Gasteiger partial charge in [-0.05, 0) is 30.0 Å². The van der Waals surface area contributed by atoms with Gasteiger partial charge in [-0.2, -0.15) is 0 Å². The lowest BCUT2D eigenvalue weighted by molar-refractivity contribution is 0.224. The Morgan fingerprint density at radius 1 is 1.21 bits per heavy atom. The van der Waals surface area contributed by atoms with Gasteiger partial charge in [-0.15, -0.1) is 0 Å². The van der Waals surface area contributed by atoms with E-state index in [0.29, 0.717) is 12.5 Å². The van der Waals surface area contributed by atoms with E-state index < -0.39 is 0 Å². The van der Waals surface area contributed by atoms with Crippen molar-refractivity contribution in [1.82, 2.24) is 0 Å². The zero-order valence-corrected chi connectivity index (χ0v) is 12.4. The molecular weight excluding hydrogens is 238 g/mol. The molecule has 0 fully saturated rings. The number of rotatable bonds is 9. The molecule has 19 heavy (non-hydrogen) atoms. The van der Waals surface area contributed by atoms with E-state index in [0.717, 1.165) is 30.1 Å². The van der Waals surface area contributed by atoms with Gasteiger partial charge in [0.1, 0.15) is 0 Å². The van der Waals surface area contributed by atoms with Gasteiger partial charge in [0.25, 0.3) is 0 Å². The number of hydrogen-bond donors (Lipinski definition) is 1. The van der Waals surface area contributed by atoms with Crippen molar-refractivity contribution >= 4 is 0 Å². The van der Waals surface area contributed by atoms with Crippen molar-refractivity contribution in [2.75, 3.05) is 13.7 Å². The van der Waals surface area contributed by atoms with E-state index >= 15 is 0 Å². The first-order chi connectivity index (χ1) is 9.24. The molecular formula is C16H27NO2. The van der Waals surface area contributed by atoms with E-state index in [9.17, 15) is 0 Å². The quantitative estimate of drug-likeness (QED) is 0.739. The molecule has 108 valence electrons. The van der Waals surface area contributed by atoms with Gasteiger partial charge in [-0.25, -0.2) is 0 Å². The first-order valence-electron chi connectivity index (χ1n) is 7.24. The van der Waals surface area contributed by atoms with Crippen molar-refractivity contribution in [2.45, 2.75) is 46.1 Å². The summed E-state index contributed by atoms with van der Waals surface area (Å²) in [6.45, 7) is 5.72. The van der Waals surface area contributed by atoms with Crippen LogP contribution < -0.4 is 15.2 Å². The van der Waals surface area contributed by atoms with Crippen LogP contribution in [0.25, 0.3) is 0 Å². The van der Waals surface area contributed by atoms with Gasteiger partial charge in [-0.3, -0.25) is 0 Å². The lowest BCUT2D eigenvalue weighted by Gasteiger charge is -2.17. The predicted molar refractivity (Wildman–Crippen MR) is 79.7 cm³/mol. The molecule has 0 saturated carbocycles. The van der Waals surface area contributed by atoms with Crippen molar-refractivity contribution < 1.29 is 9.47 Å². The molecule has 0 aromatic heterocycles. The van der Waals surface area contributed by atoms with Gasteiger partial charge in [0.15, 0.2) is 11.5 Å². The average Bonchev–Trinajstić information content (AvgIpc) is 2.47. The molecule has 3 heteroatoms. The van der Waals surface area contributed by atoms with Crippen molar-refractivity contribution in [3.8, 4) is 11.5 Å². The fourth-order valence-corrected chi connectivity index (χ4v) is 2.06. The summed E-state index contributed by atoms with van der Waals surface area (Å²) in [5.41, 5.74) is 6.68. The number of methoxy groups -OCH3 is 1. The molecule has 0 radical (unpaired) electrons. The van der Waals surface area contributed by atoms with Crippen LogP contribution in [0.2, 0.25) is 0 Å². The maximum atomic E-state index is 5.91. The maximum absolute atomic E-state index is 5.91. The average molecular weight is 265 g/mol. The fraction of sp³-hybridized carbons (Fsp3) is 0.625. The van der Waals surface area contributed by atoms with Gasteiger partial charge in [0, 0.05) is 6.54 Å². The third-order valence-electron chi connectivity index (χ3n) is 3.48. The molecule has 1 atom stereocenters. The molecule has 2 N–H and O–H groups in total. The van der Waals surface area contributed by atoms with Crippen LogP contribution >= 0.6 is 0 Å². The number of hydrogen-bond acceptors (Lipinski definition) is 3. The van der Waals surface area contributed by atoms with E-state index in [1.165, 1.54) is 19.3 Å². The Kier molecular flexibility index (Phi) is 7.34. The van der Waals surface area contributed by atoms with Crippen LogP contribution in [0.3, 0.4) is 0 Å². The molecule has 0 aliphatic carbocycles. The molecule has 0 bridgehead atoms. The molecule has 0 aliphatic heterocycles. The van der Waals surface area contributed by atoms with Crippen LogP contribution in [0.5, 0.6) is 11.5 Å². The van der Waals surface area contributed by atoms with E-state index in [1.54, 1.807) is 7.11 Å². The molecule has 0 heterocycles. The SMILES string of the molecule is CCCCC(CC)COc1ccc(CN)cc1OC. The van der Waals surface area contributed by atoms with Gasteiger partial charge in [-0.1, -0.05) is 39.2 Å². The molecule has 0 saturated heterocycles. The summed E-state index contributed by atoms with van der Waals surface area (Å²) in [7, 11) is 1.66. The Hall–Kier alpha value is -1.22. The first-order valence-corrected chi connectivity index (χ1v) is 7.24. The third kappa shape index (κ3) is 5.11. The number of ether oxygens (including phenoxy) is 2. The number of benzene rings is 1. The summed E-state index contributed by atoms with van der Waals surface area (Å²) in [5.74, 6) is 2.21. The van der Waals surface area contributed by atoms with E-state index in [1.807, 2.05) is 18.2 Å². The molecule has 1 aromatic carbocycles. The molecule has 1 unspecified atom stereocenters. The van der Waals surface area contributed by atoms with Crippen LogP contribution in [-0.4, -0.2) is 13.7 Å². The van der Waals surface area contributed by atoms with Crippen molar-refractivity contribution in [2.24, 2.45) is 11.7 Å². The van der Waals surface area contributed by atoms with Gasteiger partial charge in [0.2, 0.25) is 0 Å². The second-order valence-electron chi connectivity index (χ2n) is 4.92. The maximum Gasteiger partial charge on any atom is 0.161 e. The highest BCUT2D eigenvalue weighted by Gasteiger charge is 2.10. The molecule has 1 rings (SSSR count). The van der Waals surface area contributed by atoms with E-state index in [-0.39, 0.29) is 0 Å². The van der Waals surface area contributed by atoms with Crippen LogP contribution in [0.4, 0.5) is 0 Å². The van der Waals surface area contributed by atoms with Crippen molar-refractivity contribution in [3.63, 3.8) is 0 Å². The zero-order chi connectivity index (χ0) is 14.1. The monoisotopic (exact) mass is 265 g/mol. The zero-order valence-electron chi connectivity index (χ0n) is 12.4. The highest BCUT2D eigenvalue weighted by atomic mass is 16.5. The van der Waals surface area contributed by atoms with Crippen molar-refractivity contribution in [1.29, 1.82) is 0 Å². The van der Waals surface area contributed by atoms with E-state index in [4.69, 9.17) is 15.2 Å². The molecule has 0 spiro atoms. The van der Waals surface area contributed by atoms with Crippen LogP contribution in [0.1, 0.15) is 45.1 Å². The lowest BCUT2D eigenvalue weighted by Crippen LogP contribution is -2.12. The number of unbranched alkanes of at least 4 members (excludes halogenated alkanes) is 1. The molecule has 3 nitrogen and oxygen atoms in total. The van der Waals surface area contributed by atoms with Crippen molar-refractivity contribution in [3.05, 3.63) is 23.8 Å². The highest BCUT2D eigenvalue weighted by Crippen LogP contribution is 2.29. The third-order valence-corrected chi connectivity index (χ3v) is 3.48. The topological polar surface area (TPSA) is 44.5 Å². The minimum atomic E-state index is 0.519.